The van der Waals surface area contributed by atoms with E-state index in [2.05, 4.69) is 23.1 Å². The van der Waals surface area contributed by atoms with Gasteiger partial charge in [0.25, 0.3) is 0 Å². The van der Waals surface area contributed by atoms with Crippen molar-refractivity contribution in [2.24, 2.45) is 0 Å². The average Bonchev–Trinajstić information content (AvgIpc) is 2.78. The van der Waals surface area contributed by atoms with Crippen LogP contribution < -0.4 is 4.90 Å². The zero-order valence-electron chi connectivity index (χ0n) is 11.3. The minimum absolute atomic E-state index is 0.387. The molecule has 1 aromatic rings. The van der Waals surface area contributed by atoms with Crippen LogP contribution >= 0.6 is 23.1 Å². The van der Waals surface area contributed by atoms with Crippen LogP contribution in [0.2, 0.25) is 0 Å². The number of carbonyl (C=O) groups excluding carboxylic acids is 1. The zero-order chi connectivity index (χ0) is 13.5. The molecule has 0 saturated heterocycles. The molecule has 0 aromatic carbocycles. The van der Waals surface area contributed by atoms with Gasteiger partial charge in [0, 0.05) is 20.2 Å². The number of thioether (sulfide) groups is 1. The molecule has 1 aromatic heterocycles. The summed E-state index contributed by atoms with van der Waals surface area (Å²) in [6, 6.07) is 0.415. The fourth-order valence-electron chi connectivity index (χ4n) is 1.50. The molecule has 4 nitrogen and oxygen atoms in total. The van der Waals surface area contributed by atoms with Crippen LogP contribution in [0.3, 0.4) is 0 Å². The van der Waals surface area contributed by atoms with Crippen molar-refractivity contribution in [3.8, 4) is 0 Å². The van der Waals surface area contributed by atoms with Gasteiger partial charge in [0.1, 0.15) is 0 Å². The lowest BCUT2D eigenvalue weighted by molar-refractivity contribution is 0.112. The van der Waals surface area contributed by atoms with Crippen molar-refractivity contribution in [2.45, 2.75) is 26.0 Å². The highest BCUT2D eigenvalue weighted by molar-refractivity contribution is 7.98. The molecule has 1 heterocycles. The van der Waals surface area contributed by atoms with Crippen molar-refractivity contribution < 1.29 is 9.53 Å². The predicted octanol–water partition coefficient (Wildman–Crippen LogP) is 2.68. The molecule has 6 heteroatoms. The first-order valence-electron chi connectivity index (χ1n) is 5.79. The summed E-state index contributed by atoms with van der Waals surface area (Å²) in [6.07, 6.45) is 4.07. The van der Waals surface area contributed by atoms with Crippen LogP contribution in [-0.4, -0.2) is 43.5 Å². The molecule has 0 N–H and O–H groups in total. The second-order valence-corrected chi connectivity index (χ2v) is 6.09. The van der Waals surface area contributed by atoms with Crippen molar-refractivity contribution in [3.63, 3.8) is 0 Å². The van der Waals surface area contributed by atoms with Crippen molar-refractivity contribution in [1.82, 2.24) is 4.98 Å². The molecule has 0 spiro atoms. The highest BCUT2D eigenvalue weighted by Gasteiger charge is 2.17. The molecule has 0 amide bonds. The first-order chi connectivity index (χ1) is 8.63. The first kappa shape index (κ1) is 15.5. The number of rotatable bonds is 8. The van der Waals surface area contributed by atoms with Crippen molar-refractivity contribution >= 4 is 34.5 Å². The summed E-state index contributed by atoms with van der Waals surface area (Å²) in [5.74, 6) is 1.13. The Bertz CT molecular complexity index is 382. The lowest BCUT2D eigenvalue weighted by atomic mass is 10.2. The van der Waals surface area contributed by atoms with E-state index in [1.807, 2.05) is 18.8 Å². The summed E-state index contributed by atoms with van der Waals surface area (Å²) in [5, 5.41) is 0.887. The van der Waals surface area contributed by atoms with Gasteiger partial charge in [-0.1, -0.05) is 11.3 Å². The molecule has 1 rings (SSSR count). The van der Waals surface area contributed by atoms with E-state index in [-0.39, 0.29) is 0 Å². The van der Waals surface area contributed by atoms with E-state index in [1.54, 1.807) is 7.11 Å². The molecule has 0 aliphatic rings. The van der Waals surface area contributed by atoms with Gasteiger partial charge in [-0.3, -0.25) is 4.79 Å². The molecule has 0 aliphatic heterocycles. The third-order valence-corrected chi connectivity index (χ3v) is 4.56. The SMILES string of the molecule is COCc1nc(N(C)C(C)CCSC)sc1C=O. The van der Waals surface area contributed by atoms with Crippen LogP contribution in [0.1, 0.15) is 28.7 Å². The van der Waals surface area contributed by atoms with E-state index >= 15 is 0 Å². The molecular weight excluding hydrogens is 268 g/mol. The molecule has 0 bridgehead atoms. The molecule has 1 unspecified atom stereocenters. The lowest BCUT2D eigenvalue weighted by Gasteiger charge is -2.23. The van der Waals surface area contributed by atoms with Gasteiger partial charge >= 0.3 is 0 Å². The number of nitrogens with zero attached hydrogens (tertiary/aromatic N) is 2. The molecule has 0 radical (unpaired) electrons. The molecule has 0 aliphatic carbocycles. The van der Waals surface area contributed by atoms with Gasteiger partial charge in [-0.2, -0.15) is 11.8 Å². The maximum Gasteiger partial charge on any atom is 0.186 e. The fourth-order valence-corrected chi connectivity index (χ4v) is 3.03. The van der Waals surface area contributed by atoms with Gasteiger partial charge in [0.05, 0.1) is 17.2 Å². The monoisotopic (exact) mass is 288 g/mol. The van der Waals surface area contributed by atoms with Crippen molar-refractivity contribution in [3.05, 3.63) is 10.6 Å². The topological polar surface area (TPSA) is 42.4 Å². The minimum atomic E-state index is 0.387. The third kappa shape index (κ3) is 3.96. The number of hydrogen-bond acceptors (Lipinski definition) is 6. The van der Waals surface area contributed by atoms with Crippen LogP contribution in [0.25, 0.3) is 0 Å². The van der Waals surface area contributed by atoms with E-state index < -0.39 is 0 Å². The first-order valence-corrected chi connectivity index (χ1v) is 8.00. The largest absolute Gasteiger partial charge is 0.378 e. The quantitative estimate of drug-likeness (QED) is 0.688. The normalized spacial score (nSPS) is 12.4. The Kier molecular flexibility index (Phi) is 6.67. The maximum atomic E-state index is 11.0. The number of aromatic nitrogens is 1. The molecule has 1 atom stereocenters. The van der Waals surface area contributed by atoms with Crippen LogP contribution in [0.4, 0.5) is 5.13 Å². The van der Waals surface area contributed by atoms with E-state index in [9.17, 15) is 4.79 Å². The van der Waals surface area contributed by atoms with E-state index in [4.69, 9.17) is 4.74 Å². The summed E-state index contributed by atoms with van der Waals surface area (Å²) in [7, 11) is 3.63. The summed E-state index contributed by atoms with van der Waals surface area (Å²) >= 11 is 3.27. The summed E-state index contributed by atoms with van der Waals surface area (Å²) in [4.78, 5) is 18.2. The summed E-state index contributed by atoms with van der Waals surface area (Å²) in [5.41, 5.74) is 0.733. The lowest BCUT2D eigenvalue weighted by Crippen LogP contribution is -2.29. The second kappa shape index (κ2) is 7.76. The van der Waals surface area contributed by atoms with Crippen LogP contribution in [0.5, 0.6) is 0 Å². The van der Waals surface area contributed by atoms with E-state index in [0.717, 1.165) is 29.3 Å². The summed E-state index contributed by atoms with van der Waals surface area (Å²) < 4.78 is 5.05. The standard InChI is InChI=1S/C12H20N2O2S2/c1-9(5-6-17-4)14(2)12-13-10(8-16-3)11(7-15)18-12/h7,9H,5-6,8H2,1-4H3. The number of methoxy groups -OCH3 is 1. The van der Waals surface area contributed by atoms with Crippen LogP contribution in [0.15, 0.2) is 0 Å². The molecule has 0 saturated carbocycles. The Balaban J connectivity index is 2.78. The number of aldehydes is 1. The number of anilines is 1. The zero-order valence-corrected chi connectivity index (χ0v) is 12.9. The van der Waals surface area contributed by atoms with Crippen LogP contribution in [-0.2, 0) is 11.3 Å². The number of carbonyl (C=O) groups is 1. The summed E-state index contributed by atoms with van der Waals surface area (Å²) in [6.45, 7) is 2.56. The van der Waals surface area contributed by atoms with Gasteiger partial charge in [0.2, 0.25) is 0 Å². The highest BCUT2D eigenvalue weighted by Crippen LogP contribution is 2.27. The Morgan fingerprint density at radius 1 is 1.61 bits per heavy atom. The van der Waals surface area contributed by atoms with Crippen molar-refractivity contribution in [1.29, 1.82) is 0 Å². The van der Waals surface area contributed by atoms with Gasteiger partial charge in [-0.05, 0) is 25.4 Å². The Morgan fingerprint density at radius 2 is 2.33 bits per heavy atom. The smallest absolute Gasteiger partial charge is 0.186 e. The highest BCUT2D eigenvalue weighted by atomic mass is 32.2. The average molecular weight is 288 g/mol. The Morgan fingerprint density at radius 3 is 2.89 bits per heavy atom. The molecule has 0 fully saturated rings. The molecule has 102 valence electrons. The van der Waals surface area contributed by atoms with Crippen molar-refractivity contribution in [2.75, 3.05) is 31.1 Å². The second-order valence-electron chi connectivity index (χ2n) is 4.10. The number of hydrogen-bond donors (Lipinski definition) is 0. The molecular formula is C12H20N2O2S2. The van der Waals surface area contributed by atoms with E-state index in [1.165, 1.54) is 11.3 Å². The number of ether oxygens (including phenoxy) is 1. The van der Waals surface area contributed by atoms with Gasteiger partial charge in [0.15, 0.2) is 11.4 Å². The number of thiazole rings is 1. The third-order valence-electron chi connectivity index (χ3n) is 2.81. The van der Waals surface area contributed by atoms with Gasteiger partial charge in [-0.25, -0.2) is 4.98 Å². The van der Waals surface area contributed by atoms with Gasteiger partial charge < -0.3 is 9.64 Å². The Hall–Kier alpha value is -0.590. The fraction of sp³-hybridized carbons (Fsp3) is 0.667. The van der Waals surface area contributed by atoms with E-state index in [0.29, 0.717) is 17.5 Å². The maximum absolute atomic E-state index is 11.0. The predicted molar refractivity (Wildman–Crippen MR) is 79.1 cm³/mol. The minimum Gasteiger partial charge on any atom is -0.378 e. The van der Waals surface area contributed by atoms with Crippen LogP contribution in [0, 0.1) is 0 Å². The Labute approximate surface area is 117 Å². The molecule has 18 heavy (non-hydrogen) atoms. The van der Waals surface area contributed by atoms with Gasteiger partial charge in [-0.15, -0.1) is 0 Å².